The van der Waals surface area contributed by atoms with Gasteiger partial charge in [0.25, 0.3) is 5.91 Å². The third-order valence-electron chi connectivity index (χ3n) is 2.47. The van der Waals surface area contributed by atoms with Crippen LogP contribution in [0.5, 0.6) is 0 Å². The molecule has 2 rings (SSSR count). The van der Waals surface area contributed by atoms with Crippen molar-refractivity contribution in [3.63, 3.8) is 0 Å². The number of halogens is 1. The summed E-state index contributed by atoms with van der Waals surface area (Å²) in [7, 11) is 1.82. The van der Waals surface area contributed by atoms with Crippen molar-refractivity contribution >= 4 is 23.2 Å². The van der Waals surface area contributed by atoms with Gasteiger partial charge in [-0.05, 0) is 18.2 Å². The lowest BCUT2D eigenvalue weighted by Gasteiger charge is -2.06. The fraction of sp³-hybridized carbons (Fsp3) is 0.167. The predicted molar refractivity (Wildman–Crippen MR) is 70.2 cm³/mol. The number of nitrogens with one attached hydrogen (secondary N) is 1. The Balaban J connectivity index is 2.05. The third kappa shape index (κ3) is 2.81. The van der Waals surface area contributed by atoms with E-state index in [2.05, 4.69) is 10.4 Å². The van der Waals surface area contributed by atoms with Crippen molar-refractivity contribution in [3.05, 3.63) is 46.7 Å². The highest BCUT2D eigenvalue weighted by Gasteiger charge is 2.10. The van der Waals surface area contributed by atoms with Crippen LogP contribution in [0.3, 0.4) is 0 Å². The fourth-order valence-corrected chi connectivity index (χ4v) is 1.74. The fourth-order valence-electron chi connectivity index (χ4n) is 1.57. The number of nitrogens with zero attached hydrogens (tertiary/aromatic N) is 2. The third-order valence-corrected chi connectivity index (χ3v) is 2.71. The van der Waals surface area contributed by atoms with E-state index in [4.69, 9.17) is 17.3 Å². The highest BCUT2D eigenvalue weighted by molar-refractivity contribution is 6.31. The van der Waals surface area contributed by atoms with E-state index in [1.807, 2.05) is 13.2 Å². The molecule has 0 radical (unpaired) electrons. The average molecular weight is 265 g/mol. The zero-order chi connectivity index (χ0) is 13.1. The quantitative estimate of drug-likeness (QED) is 0.827. The first-order valence-electron chi connectivity index (χ1n) is 5.37. The molecule has 18 heavy (non-hydrogen) atoms. The van der Waals surface area contributed by atoms with Gasteiger partial charge in [0.1, 0.15) is 0 Å². The Kier molecular flexibility index (Phi) is 3.53. The molecular formula is C12H13ClN4O. The summed E-state index contributed by atoms with van der Waals surface area (Å²) in [5.41, 5.74) is 7.44. The molecule has 0 fully saturated rings. The molecule has 0 saturated heterocycles. The topological polar surface area (TPSA) is 72.9 Å². The molecule has 0 spiro atoms. The molecule has 1 aromatic heterocycles. The van der Waals surface area contributed by atoms with E-state index in [9.17, 15) is 4.79 Å². The van der Waals surface area contributed by atoms with E-state index in [-0.39, 0.29) is 5.91 Å². The summed E-state index contributed by atoms with van der Waals surface area (Å²) in [4.78, 5) is 11.9. The van der Waals surface area contributed by atoms with Crippen molar-refractivity contribution in [1.82, 2.24) is 15.1 Å². The lowest BCUT2D eigenvalue weighted by atomic mass is 10.1. The van der Waals surface area contributed by atoms with Gasteiger partial charge in [-0.1, -0.05) is 11.6 Å². The zero-order valence-electron chi connectivity index (χ0n) is 9.85. The number of nitrogen functional groups attached to an aromatic ring is 1. The van der Waals surface area contributed by atoms with Crippen LogP contribution >= 0.6 is 11.6 Å². The number of nitrogens with two attached hydrogens (primary N) is 1. The molecule has 94 valence electrons. The molecule has 0 saturated carbocycles. The van der Waals surface area contributed by atoms with Gasteiger partial charge in [-0.2, -0.15) is 5.10 Å². The molecule has 0 aliphatic carbocycles. The largest absolute Gasteiger partial charge is 0.398 e. The van der Waals surface area contributed by atoms with Gasteiger partial charge in [-0.25, -0.2) is 0 Å². The number of amides is 1. The zero-order valence-corrected chi connectivity index (χ0v) is 10.6. The second kappa shape index (κ2) is 5.10. The van der Waals surface area contributed by atoms with Crippen LogP contribution in [-0.4, -0.2) is 15.7 Å². The molecule has 0 aliphatic heterocycles. The van der Waals surface area contributed by atoms with Crippen LogP contribution in [0.1, 0.15) is 15.9 Å². The van der Waals surface area contributed by atoms with Crippen LogP contribution in [0.4, 0.5) is 5.69 Å². The van der Waals surface area contributed by atoms with Crippen molar-refractivity contribution in [2.45, 2.75) is 6.54 Å². The Labute approximate surface area is 110 Å². The number of anilines is 1. The van der Waals surface area contributed by atoms with Crippen LogP contribution in [0.15, 0.2) is 30.6 Å². The van der Waals surface area contributed by atoms with Gasteiger partial charge >= 0.3 is 0 Å². The summed E-state index contributed by atoms with van der Waals surface area (Å²) in [6.07, 6.45) is 3.53. The summed E-state index contributed by atoms with van der Waals surface area (Å²) in [5, 5.41) is 7.27. The maximum Gasteiger partial charge on any atom is 0.253 e. The van der Waals surface area contributed by atoms with E-state index in [1.165, 1.54) is 0 Å². The van der Waals surface area contributed by atoms with Crippen LogP contribution < -0.4 is 11.1 Å². The first-order valence-corrected chi connectivity index (χ1v) is 5.75. The van der Waals surface area contributed by atoms with Gasteiger partial charge in [0.05, 0.1) is 11.8 Å². The molecule has 5 nitrogen and oxygen atoms in total. The first-order chi connectivity index (χ1) is 8.56. The number of carbonyl (C=O) groups excluding carboxylic acids is 1. The van der Waals surface area contributed by atoms with E-state index < -0.39 is 0 Å². The Morgan fingerprint density at radius 1 is 1.56 bits per heavy atom. The number of aromatic nitrogens is 2. The summed E-state index contributed by atoms with van der Waals surface area (Å²) in [6.45, 7) is 0.401. The SMILES string of the molecule is Cn1cc(CNC(=O)c2cc(Cl)ccc2N)cn1. The van der Waals surface area contributed by atoms with Crippen molar-refractivity contribution in [2.75, 3.05) is 5.73 Å². The van der Waals surface area contributed by atoms with Crippen LogP contribution in [-0.2, 0) is 13.6 Å². The number of rotatable bonds is 3. The number of benzene rings is 1. The molecule has 2 aromatic rings. The first kappa shape index (κ1) is 12.4. The second-order valence-electron chi connectivity index (χ2n) is 3.94. The van der Waals surface area contributed by atoms with E-state index in [0.717, 1.165) is 5.56 Å². The molecule has 0 atom stereocenters. The predicted octanol–water partition coefficient (Wildman–Crippen LogP) is 1.59. The molecule has 0 aliphatic rings. The van der Waals surface area contributed by atoms with Crippen molar-refractivity contribution in [1.29, 1.82) is 0 Å². The number of hydrogen-bond acceptors (Lipinski definition) is 3. The van der Waals surface area contributed by atoms with E-state index in [1.54, 1.807) is 29.1 Å². The summed E-state index contributed by atoms with van der Waals surface area (Å²) in [5.74, 6) is -0.251. The molecule has 1 heterocycles. The Morgan fingerprint density at radius 2 is 2.33 bits per heavy atom. The van der Waals surface area contributed by atoms with Gasteiger partial charge in [0.15, 0.2) is 0 Å². The van der Waals surface area contributed by atoms with E-state index in [0.29, 0.717) is 22.8 Å². The van der Waals surface area contributed by atoms with Crippen molar-refractivity contribution in [2.24, 2.45) is 7.05 Å². The normalized spacial score (nSPS) is 10.3. The standard InChI is InChI=1S/C12H13ClN4O/c1-17-7-8(6-16-17)5-15-12(18)10-4-9(13)2-3-11(10)14/h2-4,6-7H,5,14H2,1H3,(H,15,18). The average Bonchev–Trinajstić information content (AvgIpc) is 2.75. The van der Waals surface area contributed by atoms with Crippen molar-refractivity contribution < 1.29 is 4.79 Å². The highest BCUT2D eigenvalue weighted by Crippen LogP contribution is 2.17. The lowest BCUT2D eigenvalue weighted by Crippen LogP contribution is -2.23. The van der Waals surface area contributed by atoms with Gasteiger partial charge in [0, 0.05) is 36.1 Å². The van der Waals surface area contributed by atoms with Gasteiger partial charge in [-0.3, -0.25) is 9.48 Å². The van der Waals surface area contributed by atoms with Crippen LogP contribution in [0, 0.1) is 0 Å². The minimum Gasteiger partial charge on any atom is -0.398 e. The lowest BCUT2D eigenvalue weighted by molar-refractivity contribution is 0.0952. The summed E-state index contributed by atoms with van der Waals surface area (Å²) < 4.78 is 1.68. The number of hydrogen-bond donors (Lipinski definition) is 2. The second-order valence-corrected chi connectivity index (χ2v) is 4.37. The summed E-state index contributed by atoms with van der Waals surface area (Å²) in [6, 6.07) is 4.81. The minimum absolute atomic E-state index is 0.251. The van der Waals surface area contributed by atoms with Gasteiger partial charge in [-0.15, -0.1) is 0 Å². The highest BCUT2D eigenvalue weighted by atomic mass is 35.5. The maximum atomic E-state index is 11.9. The number of carbonyl (C=O) groups is 1. The monoisotopic (exact) mass is 264 g/mol. The maximum absolute atomic E-state index is 11.9. The Hall–Kier alpha value is -2.01. The van der Waals surface area contributed by atoms with Crippen LogP contribution in [0.2, 0.25) is 5.02 Å². The molecule has 6 heteroatoms. The molecule has 0 unspecified atom stereocenters. The molecule has 0 bridgehead atoms. The summed E-state index contributed by atoms with van der Waals surface area (Å²) >= 11 is 5.83. The molecule has 1 aromatic carbocycles. The molecular weight excluding hydrogens is 252 g/mol. The molecule has 3 N–H and O–H groups in total. The Morgan fingerprint density at radius 3 is 3.00 bits per heavy atom. The van der Waals surface area contributed by atoms with Crippen LogP contribution in [0.25, 0.3) is 0 Å². The van der Waals surface area contributed by atoms with Gasteiger partial charge < -0.3 is 11.1 Å². The minimum atomic E-state index is -0.251. The van der Waals surface area contributed by atoms with Gasteiger partial charge in [0.2, 0.25) is 0 Å². The molecule has 1 amide bonds. The van der Waals surface area contributed by atoms with Crippen molar-refractivity contribution in [3.8, 4) is 0 Å². The number of aryl methyl sites for hydroxylation is 1. The smallest absolute Gasteiger partial charge is 0.253 e. The van der Waals surface area contributed by atoms with E-state index >= 15 is 0 Å². The Bertz CT molecular complexity index is 579.